The molecule has 1 fully saturated rings. The summed E-state index contributed by atoms with van der Waals surface area (Å²) in [6.07, 6.45) is 3.41. The van der Waals surface area contributed by atoms with E-state index in [1.54, 1.807) is 0 Å². The van der Waals surface area contributed by atoms with Crippen molar-refractivity contribution < 1.29 is 14.3 Å². The molecule has 2 amide bonds. The Balaban J connectivity index is 1.66. The summed E-state index contributed by atoms with van der Waals surface area (Å²) in [7, 11) is 0. The Morgan fingerprint density at radius 3 is 2.95 bits per heavy atom. The van der Waals surface area contributed by atoms with Gasteiger partial charge in [0.2, 0.25) is 0 Å². The maximum atomic E-state index is 11.8. The van der Waals surface area contributed by atoms with E-state index in [1.165, 1.54) is 12.8 Å². The van der Waals surface area contributed by atoms with Crippen LogP contribution in [0.25, 0.3) is 0 Å². The summed E-state index contributed by atoms with van der Waals surface area (Å²) >= 11 is 0. The minimum absolute atomic E-state index is 0.187. The Bertz CT molecular complexity index is 461. The maximum absolute atomic E-state index is 11.8. The van der Waals surface area contributed by atoms with Crippen LogP contribution in [0.15, 0.2) is 24.3 Å². The summed E-state index contributed by atoms with van der Waals surface area (Å²) in [5.74, 6) is 0.767. The number of amides is 2. The minimum atomic E-state index is -0.187. The molecule has 1 aliphatic rings. The highest BCUT2D eigenvalue weighted by Gasteiger charge is 2.20. The number of anilines is 1. The van der Waals surface area contributed by atoms with E-state index in [9.17, 15) is 4.79 Å². The van der Waals surface area contributed by atoms with Gasteiger partial charge < -0.3 is 20.1 Å². The summed E-state index contributed by atoms with van der Waals surface area (Å²) in [6.45, 7) is 5.39. The van der Waals surface area contributed by atoms with Crippen LogP contribution in [0.5, 0.6) is 0 Å². The Morgan fingerprint density at radius 1 is 1.32 bits per heavy atom. The molecule has 0 spiro atoms. The van der Waals surface area contributed by atoms with Crippen LogP contribution in [0.2, 0.25) is 0 Å². The van der Waals surface area contributed by atoms with E-state index in [-0.39, 0.29) is 6.03 Å². The zero-order chi connectivity index (χ0) is 15.6. The summed E-state index contributed by atoms with van der Waals surface area (Å²) in [6, 6.07) is 7.59. The van der Waals surface area contributed by atoms with E-state index in [0.717, 1.165) is 30.2 Å². The number of urea groups is 1. The average Bonchev–Trinajstić information content (AvgIpc) is 3.32. The van der Waals surface area contributed by atoms with Crippen LogP contribution in [-0.4, -0.2) is 32.4 Å². The topological polar surface area (TPSA) is 59.6 Å². The van der Waals surface area contributed by atoms with Crippen LogP contribution < -0.4 is 10.6 Å². The molecule has 1 aromatic carbocycles. The van der Waals surface area contributed by atoms with Crippen LogP contribution in [0, 0.1) is 5.92 Å². The van der Waals surface area contributed by atoms with E-state index in [2.05, 4.69) is 10.6 Å². The lowest BCUT2D eigenvalue weighted by molar-refractivity contribution is 0.111. The van der Waals surface area contributed by atoms with Gasteiger partial charge in [-0.25, -0.2) is 4.79 Å². The average molecular weight is 306 g/mol. The molecule has 22 heavy (non-hydrogen) atoms. The molecule has 0 saturated heterocycles. The molecule has 1 aliphatic carbocycles. The molecule has 0 aromatic heterocycles. The normalized spacial score (nSPS) is 13.9. The molecule has 0 heterocycles. The van der Waals surface area contributed by atoms with Crippen molar-refractivity contribution in [2.45, 2.75) is 32.8 Å². The minimum Gasteiger partial charge on any atom is -0.382 e. The number of carbonyl (C=O) groups is 1. The molecule has 5 heteroatoms. The van der Waals surface area contributed by atoms with Crippen molar-refractivity contribution in [3.8, 4) is 0 Å². The van der Waals surface area contributed by atoms with Gasteiger partial charge in [-0.15, -0.1) is 0 Å². The number of nitrogens with one attached hydrogen (secondary N) is 2. The fourth-order valence-electron chi connectivity index (χ4n) is 2.06. The standard InChI is InChI=1S/C17H26N2O3/c1-2-21-10-4-9-18-17(20)19-16-6-3-5-15(11-16)13-22-12-14-7-8-14/h3,5-6,11,14H,2,4,7-10,12-13H2,1H3,(H2,18,19,20). The molecule has 5 nitrogen and oxygen atoms in total. The third kappa shape index (κ3) is 6.91. The molecule has 0 bridgehead atoms. The fourth-order valence-corrected chi connectivity index (χ4v) is 2.06. The van der Waals surface area contributed by atoms with Gasteiger partial charge in [0.1, 0.15) is 0 Å². The zero-order valence-electron chi connectivity index (χ0n) is 13.3. The molecule has 0 atom stereocenters. The molecule has 1 saturated carbocycles. The summed E-state index contributed by atoms with van der Waals surface area (Å²) in [5.41, 5.74) is 1.87. The first-order valence-electron chi connectivity index (χ1n) is 8.07. The second-order valence-corrected chi connectivity index (χ2v) is 5.59. The van der Waals surface area contributed by atoms with Crippen LogP contribution in [0.1, 0.15) is 31.7 Å². The van der Waals surface area contributed by atoms with E-state index >= 15 is 0 Å². The summed E-state index contributed by atoms with van der Waals surface area (Å²) < 4.78 is 10.9. The van der Waals surface area contributed by atoms with Crippen molar-refractivity contribution in [3.63, 3.8) is 0 Å². The number of hydrogen-bond acceptors (Lipinski definition) is 3. The van der Waals surface area contributed by atoms with Crippen molar-refractivity contribution in [1.82, 2.24) is 5.32 Å². The molecule has 2 rings (SSSR count). The van der Waals surface area contributed by atoms with Crippen LogP contribution in [0.4, 0.5) is 10.5 Å². The third-order valence-corrected chi connectivity index (χ3v) is 3.46. The van der Waals surface area contributed by atoms with Crippen LogP contribution in [-0.2, 0) is 16.1 Å². The van der Waals surface area contributed by atoms with Gasteiger partial charge in [0.15, 0.2) is 0 Å². The van der Waals surface area contributed by atoms with Crippen molar-refractivity contribution in [2.75, 3.05) is 31.7 Å². The van der Waals surface area contributed by atoms with E-state index in [4.69, 9.17) is 9.47 Å². The monoisotopic (exact) mass is 306 g/mol. The predicted molar refractivity (Wildman–Crippen MR) is 87.0 cm³/mol. The van der Waals surface area contributed by atoms with Gasteiger partial charge >= 0.3 is 6.03 Å². The largest absolute Gasteiger partial charge is 0.382 e. The van der Waals surface area contributed by atoms with E-state index in [0.29, 0.717) is 26.4 Å². The fraction of sp³-hybridized carbons (Fsp3) is 0.588. The predicted octanol–water partition coefficient (Wildman–Crippen LogP) is 3.16. The summed E-state index contributed by atoms with van der Waals surface area (Å²) in [4.78, 5) is 11.8. The molecule has 0 aliphatic heterocycles. The molecule has 122 valence electrons. The Hall–Kier alpha value is -1.59. The zero-order valence-corrected chi connectivity index (χ0v) is 13.3. The quantitative estimate of drug-likeness (QED) is 0.653. The molecule has 1 aromatic rings. The van der Waals surface area contributed by atoms with Crippen molar-refractivity contribution >= 4 is 11.7 Å². The second kappa shape index (κ2) is 9.43. The van der Waals surface area contributed by atoms with Gasteiger partial charge in [-0.05, 0) is 49.8 Å². The highest BCUT2D eigenvalue weighted by Crippen LogP contribution is 2.29. The van der Waals surface area contributed by atoms with Gasteiger partial charge in [0.25, 0.3) is 0 Å². The lowest BCUT2D eigenvalue weighted by Crippen LogP contribution is -2.30. The smallest absolute Gasteiger partial charge is 0.319 e. The molecule has 2 N–H and O–H groups in total. The first-order valence-corrected chi connectivity index (χ1v) is 8.07. The molecular weight excluding hydrogens is 280 g/mol. The number of hydrogen-bond donors (Lipinski definition) is 2. The number of ether oxygens (including phenoxy) is 2. The van der Waals surface area contributed by atoms with Crippen LogP contribution >= 0.6 is 0 Å². The van der Waals surface area contributed by atoms with Gasteiger partial charge in [0.05, 0.1) is 6.61 Å². The first kappa shape index (κ1) is 16.8. The van der Waals surface area contributed by atoms with E-state index < -0.39 is 0 Å². The highest BCUT2D eigenvalue weighted by atomic mass is 16.5. The van der Waals surface area contributed by atoms with E-state index in [1.807, 2.05) is 31.2 Å². The molecular formula is C17H26N2O3. The molecule has 0 unspecified atom stereocenters. The van der Waals surface area contributed by atoms with Crippen molar-refractivity contribution in [1.29, 1.82) is 0 Å². The lowest BCUT2D eigenvalue weighted by atomic mass is 10.2. The first-order chi connectivity index (χ1) is 10.8. The van der Waals surface area contributed by atoms with Gasteiger partial charge in [0, 0.05) is 32.1 Å². The Kier molecular flexibility index (Phi) is 7.19. The van der Waals surface area contributed by atoms with Gasteiger partial charge in [-0.3, -0.25) is 0 Å². The van der Waals surface area contributed by atoms with Gasteiger partial charge in [-0.1, -0.05) is 12.1 Å². The Labute approximate surface area is 132 Å². The highest BCUT2D eigenvalue weighted by molar-refractivity contribution is 5.89. The van der Waals surface area contributed by atoms with Crippen LogP contribution in [0.3, 0.4) is 0 Å². The number of carbonyl (C=O) groups excluding carboxylic acids is 1. The third-order valence-electron chi connectivity index (χ3n) is 3.46. The number of benzene rings is 1. The SMILES string of the molecule is CCOCCCNC(=O)Nc1cccc(COCC2CC2)c1. The maximum Gasteiger partial charge on any atom is 0.319 e. The van der Waals surface area contributed by atoms with Crippen molar-refractivity contribution in [3.05, 3.63) is 29.8 Å². The number of rotatable bonds is 10. The molecule has 0 radical (unpaired) electrons. The lowest BCUT2D eigenvalue weighted by Gasteiger charge is -2.09. The van der Waals surface area contributed by atoms with Crippen molar-refractivity contribution in [2.24, 2.45) is 5.92 Å². The van der Waals surface area contributed by atoms with Gasteiger partial charge in [-0.2, -0.15) is 0 Å². The summed E-state index contributed by atoms with van der Waals surface area (Å²) in [5, 5.41) is 5.65. The Morgan fingerprint density at radius 2 is 2.18 bits per heavy atom. The second-order valence-electron chi connectivity index (χ2n) is 5.59.